The van der Waals surface area contributed by atoms with E-state index in [0.29, 0.717) is 19.0 Å². The SMILES string of the molecule is Cc1ccc(CNC(=O)CN2CCC(c3nnc(C)s3)CC2)cc1. The lowest BCUT2D eigenvalue weighted by atomic mass is 9.98. The van der Waals surface area contributed by atoms with Crippen LogP contribution in [0.3, 0.4) is 0 Å². The number of hydrogen-bond donors (Lipinski definition) is 1. The first kappa shape index (κ1) is 17.0. The highest BCUT2D eigenvalue weighted by atomic mass is 32.1. The Labute approximate surface area is 147 Å². The molecule has 128 valence electrons. The number of carbonyl (C=O) groups is 1. The lowest BCUT2D eigenvalue weighted by Gasteiger charge is -2.30. The van der Waals surface area contributed by atoms with E-state index in [4.69, 9.17) is 0 Å². The van der Waals surface area contributed by atoms with Gasteiger partial charge in [0.05, 0.1) is 6.54 Å². The molecule has 5 nitrogen and oxygen atoms in total. The van der Waals surface area contributed by atoms with Crippen LogP contribution in [0.1, 0.15) is 39.9 Å². The van der Waals surface area contributed by atoms with Crippen molar-refractivity contribution in [3.8, 4) is 0 Å². The molecule has 3 rings (SSSR count). The van der Waals surface area contributed by atoms with Crippen LogP contribution in [0.2, 0.25) is 0 Å². The summed E-state index contributed by atoms with van der Waals surface area (Å²) < 4.78 is 0. The highest BCUT2D eigenvalue weighted by Crippen LogP contribution is 2.29. The fourth-order valence-electron chi connectivity index (χ4n) is 2.98. The Kier molecular flexibility index (Phi) is 5.58. The minimum atomic E-state index is 0.0979. The first-order chi connectivity index (χ1) is 11.6. The maximum Gasteiger partial charge on any atom is 0.234 e. The number of likely N-dealkylation sites (tertiary alicyclic amines) is 1. The number of hydrogen-bond acceptors (Lipinski definition) is 5. The molecule has 0 aliphatic carbocycles. The van der Waals surface area contributed by atoms with E-state index < -0.39 is 0 Å². The minimum absolute atomic E-state index is 0.0979. The van der Waals surface area contributed by atoms with Crippen molar-refractivity contribution in [3.05, 3.63) is 45.4 Å². The summed E-state index contributed by atoms with van der Waals surface area (Å²) in [7, 11) is 0. The van der Waals surface area contributed by atoms with Gasteiger partial charge >= 0.3 is 0 Å². The number of piperidine rings is 1. The van der Waals surface area contributed by atoms with Gasteiger partial charge in [-0.15, -0.1) is 21.5 Å². The van der Waals surface area contributed by atoms with Crippen molar-refractivity contribution in [2.75, 3.05) is 19.6 Å². The molecule has 1 aliphatic heterocycles. The van der Waals surface area contributed by atoms with E-state index in [1.54, 1.807) is 11.3 Å². The zero-order valence-corrected chi connectivity index (χ0v) is 15.1. The molecular formula is C18H24N4OS. The van der Waals surface area contributed by atoms with Gasteiger partial charge < -0.3 is 5.32 Å². The summed E-state index contributed by atoms with van der Waals surface area (Å²) in [6.45, 7) is 7.03. The zero-order chi connectivity index (χ0) is 16.9. The molecule has 2 heterocycles. The predicted molar refractivity (Wildman–Crippen MR) is 96.1 cm³/mol. The summed E-state index contributed by atoms with van der Waals surface area (Å²) in [5, 5.41) is 13.6. The molecular weight excluding hydrogens is 320 g/mol. The summed E-state index contributed by atoms with van der Waals surface area (Å²) in [4.78, 5) is 14.4. The summed E-state index contributed by atoms with van der Waals surface area (Å²) in [6.07, 6.45) is 2.11. The number of amides is 1. The third-order valence-corrected chi connectivity index (χ3v) is 5.46. The maximum absolute atomic E-state index is 12.1. The Hall–Kier alpha value is -1.79. The van der Waals surface area contributed by atoms with Gasteiger partial charge in [-0.3, -0.25) is 9.69 Å². The molecule has 24 heavy (non-hydrogen) atoms. The number of carbonyl (C=O) groups excluding carboxylic acids is 1. The minimum Gasteiger partial charge on any atom is -0.351 e. The van der Waals surface area contributed by atoms with Crippen LogP contribution in [0.5, 0.6) is 0 Å². The van der Waals surface area contributed by atoms with E-state index in [-0.39, 0.29) is 5.91 Å². The molecule has 2 aromatic rings. The van der Waals surface area contributed by atoms with E-state index in [9.17, 15) is 4.79 Å². The zero-order valence-electron chi connectivity index (χ0n) is 14.3. The molecule has 1 aromatic carbocycles. The molecule has 0 radical (unpaired) electrons. The van der Waals surface area contributed by atoms with Crippen molar-refractivity contribution in [3.63, 3.8) is 0 Å². The molecule has 1 N–H and O–H groups in total. The Morgan fingerprint density at radius 2 is 1.92 bits per heavy atom. The third kappa shape index (κ3) is 4.61. The smallest absolute Gasteiger partial charge is 0.234 e. The Bertz CT molecular complexity index is 675. The first-order valence-electron chi connectivity index (χ1n) is 8.45. The second kappa shape index (κ2) is 7.85. The number of aryl methyl sites for hydroxylation is 2. The van der Waals surface area contributed by atoms with Crippen molar-refractivity contribution < 1.29 is 4.79 Å². The Morgan fingerprint density at radius 3 is 2.54 bits per heavy atom. The molecule has 1 saturated heterocycles. The number of nitrogens with zero attached hydrogens (tertiary/aromatic N) is 3. The van der Waals surface area contributed by atoms with E-state index in [1.807, 2.05) is 6.92 Å². The first-order valence-corrected chi connectivity index (χ1v) is 9.26. The quantitative estimate of drug-likeness (QED) is 0.906. The van der Waals surface area contributed by atoms with E-state index in [1.165, 1.54) is 5.56 Å². The van der Waals surface area contributed by atoms with Crippen LogP contribution in [0.4, 0.5) is 0 Å². The molecule has 1 aromatic heterocycles. The van der Waals surface area contributed by atoms with Crippen LogP contribution in [0.25, 0.3) is 0 Å². The van der Waals surface area contributed by atoms with Gasteiger partial charge in [-0.25, -0.2) is 0 Å². The van der Waals surface area contributed by atoms with Crippen LogP contribution in [0.15, 0.2) is 24.3 Å². The summed E-state index contributed by atoms with van der Waals surface area (Å²) in [5.74, 6) is 0.601. The van der Waals surface area contributed by atoms with E-state index in [0.717, 1.165) is 41.5 Å². The average molecular weight is 344 g/mol. The largest absolute Gasteiger partial charge is 0.351 e. The summed E-state index contributed by atoms with van der Waals surface area (Å²) >= 11 is 1.70. The van der Waals surface area contributed by atoms with E-state index >= 15 is 0 Å². The van der Waals surface area contributed by atoms with Gasteiger partial charge in [0.15, 0.2) is 0 Å². The second-order valence-corrected chi connectivity index (χ2v) is 7.69. The lowest BCUT2D eigenvalue weighted by Crippen LogP contribution is -2.41. The molecule has 6 heteroatoms. The Morgan fingerprint density at radius 1 is 1.21 bits per heavy atom. The third-order valence-electron chi connectivity index (χ3n) is 4.46. The van der Waals surface area contributed by atoms with Gasteiger partial charge in [-0.05, 0) is 45.3 Å². The standard InChI is InChI=1S/C18H24N4OS/c1-13-3-5-15(6-4-13)11-19-17(23)12-22-9-7-16(8-10-22)18-21-20-14(2)24-18/h3-6,16H,7-12H2,1-2H3,(H,19,23). The lowest BCUT2D eigenvalue weighted by molar-refractivity contribution is -0.122. The highest BCUT2D eigenvalue weighted by Gasteiger charge is 2.24. The fourth-order valence-corrected chi connectivity index (χ4v) is 3.85. The molecule has 1 aliphatic rings. The van der Waals surface area contributed by atoms with Gasteiger partial charge in [0.1, 0.15) is 10.0 Å². The number of nitrogens with one attached hydrogen (secondary N) is 1. The topological polar surface area (TPSA) is 58.1 Å². The molecule has 0 unspecified atom stereocenters. The van der Waals surface area contributed by atoms with Gasteiger partial charge in [0, 0.05) is 12.5 Å². The Balaban J connectivity index is 1.40. The van der Waals surface area contributed by atoms with E-state index in [2.05, 4.69) is 51.6 Å². The van der Waals surface area contributed by atoms with Gasteiger partial charge in [0.2, 0.25) is 5.91 Å². The fraction of sp³-hybridized carbons (Fsp3) is 0.500. The van der Waals surface area contributed by atoms with Crippen molar-refractivity contribution in [2.24, 2.45) is 0 Å². The molecule has 1 amide bonds. The van der Waals surface area contributed by atoms with Crippen molar-refractivity contribution in [1.82, 2.24) is 20.4 Å². The maximum atomic E-state index is 12.1. The van der Waals surface area contributed by atoms with Crippen molar-refractivity contribution >= 4 is 17.2 Å². The van der Waals surface area contributed by atoms with Gasteiger partial charge in [-0.2, -0.15) is 0 Å². The monoisotopic (exact) mass is 344 g/mol. The van der Waals surface area contributed by atoms with Crippen molar-refractivity contribution in [2.45, 2.75) is 39.2 Å². The number of benzene rings is 1. The second-order valence-electron chi connectivity index (χ2n) is 6.47. The summed E-state index contributed by atoms with van der Waals surface area (Å²) in [5.41, 5.74) is 2.37. The molecule has 0 spiro atoms. The number of rotatable bonds is 5. The average Bonchev–Trinajstić information content (AvgIpc) is 3.01. The van der Waals surface area contributed by atoms with Gasteiger partial charge in [0.25, 0.3) is 0 Å². The predicted octanol–water partition coefficient (Wildman–Crippen LogP) is 2.65. The van der Waals surface area contributed by atoms with Crippen LogP contribution in [-0.2, 0) is 11.3 Å². The van der Waals surface area contributed by atoms with Gasteiger partial charge in [-0.1, -0.05) is 29.8 Å². The molecule has 0 saturated carbocycles. The van der Waals surface area contributed by atoms with Crippen LogP contribution >= 0.6 is 11.3 Å². The normalized spacial score (nSPS) is 16.2. The molecule has 0 bridgehead atoms. The molecule has 1 fully saturated rings. The highest BCUT2D eigenvalue weighted by molar-refractivity contribution is 7.11. The summed E-state index contributed by atoms with van der Waals surface area (Å²) in [6, 6.07) is 8.26. The van der Waals surface area contributed by atoms with Crippen LogP contribution < -0.4 is 5.32 Å². The van der Waals surface area contributed by atoms with Crippen molar-refractivity contribution in [1.29, 1.82) is 0 Å². The molecule has 0 atom stereocenters. The van der Waals surface area contributed by atoms with Crippen LogP contribution in [0, 0.1) is 13.8 Å². The van der Waals surface area contributed by atoms with Crippen LogP contribution in [-0.4, -0.2) is 40.6 Å². The number of aromatic nitrogens is 2.